The standard InChI is InChI=1S/C18H21Cl2N5O2/c1-3-15-22-17(23-25(15)16-13(19)5-4-6-14(16)20)18(27)21-12-7-9-24(10-8-12)11(2)26/h4-6,12H,3,7-10H2,1-2H3,(H,21,27). The predicted molar refractivity (Wildman–Crippen MR) is 103 cm³/mol. The number of halogens is 2. The summed E-state index contributed by atoms with van der Waals surface area (Å²) in [5.74, 6) is 0.399. The number of nitrogens with zero attached hydrogens (tertiary/aromatic N) is 4. The minimum atomic E-state index is -0.340. The first kappa shape index (κ1) is 19.6. The second kappa shape index (κ2) is 8.27. The summed E-state index contributed by atoms with van der Waals surface area (Å²) in [6, 6.07) is 5.17. The molecule has 0 aliphatic carbocycles. The van der Waals surface area contributed by atoms with E-state index in [1.165, 1.54) is 4.68 Å². The lowest BCUT2D eigenvalue weighted by atomic mass is 10.1. The lowest BCUT2D eigenvalue weighted by Gasteiger charge is -2.31. The number of benzene rings is 1. The molecule has 2 heterocycles. The topological polar surface area (TPSA) is 80.1 Å². The molecule has 1 aliphatic heterocycles. The van der Waals surface area contributed by atoms with Crippen LogP contribution in [-0.4, -0.2) is 50.6 Å². The summed E-state index contributed by atoms with van der Waals surface area (Å²) in [4.78, 5) is 30.2. The first-order valence-electron chi connectivity index (χ1n) is 8.87. The molecule has 27 heavy (non-hydrogen) atoms. The van der Waals surface area contributed by atoms with Gasteiger partial charge in [0.25, 0.3) is 5.91 Å². The molecule has 144 valence electrons. The summed E-state index contributed by atoms with van der Waals surface area (Å²) in [6.07, 6.45) is 1.99. The number of amides is 2. The van der Waals surface area contributed by atoms with Crippen molar-refractivity contribution in [3.8, 4) is 5.69 Å². The first-order valence-corrected chi connectivity index (χ1v) is 9.63. The molecule has 1 fully saturated rings. The average molecular weight is 410 g/mol. The molecule has 0 radical (unpaired) electrons. The van der Waals surface area contributed by atoms with E-state index in [0.29, 0.717) is 53.9 Å². The van der Waals surface area contributed by atoms with Crippen molar-refractivity contribution in [1.82, 2.24) is 25.0 Å². The van der Waals surface area contributed by atoms with Gasteiger partial charge in [0.2, 0.25) is 11.7 Å². The third kappa shape index (κ3) is 4.25. The summed E-state index contributed by atoms with van der Waals surface area (Å²) < 4.78 is 1.53. The number of aryl methyl sites for hydroxylation is 1. The number of nitrogens with one attached hydrogen (secondary N) is 1. The number of carbonyl (C=O) groups is 2. The van der Waals surface area contributed by atoms with E-state index < -0.39 is 0 Å². The van der Waals surface area contributed by atoms with Gasteiger partial charge < -0.3 is 10.2 Å². The molecule has 1 aromatic carbocycles. The van der Waals surface area contributed by atoms with Crippen LogP contribution >= 0.6 is 23.2 Å². The maximum atomic E-state index is 12.6. The monoisotopic (exact) mass is 409 g/mol. The van der Waals surface area contributed by atoms with Gasteiger partial charge in [0, 0.05) is 32.5 Å². The molecular weight excluding hydrogens is 389 g/mol. The van der Waals surface area contributed by atoms with E-state index in [4.69, 9.17) is 23.2 Å². The van der Waals surface area contributed by atoms with Crippen LogP contribution in [0.3, 0.4) is 0 Å². The molecule has 2 aromatic rings. The highest BCUT2D eigenvalue weighted by Gasteiger charge is 2.25. The van der Waals surface area contributed by atoms with E-state index in [0.717, 1.165) is 0 Å². The third-order valence-electron chi connectivity index (χ3n) is 4.62. The van der Waals surface area contributed by atoms with E-state index in [-0.39, 0.29) is 23.7 Å². The average Bonchev–Trinajstić information content (AvgIpc) is 3.06. The van der Waals surface area contributed by atoms with Crippen LogP contribution in [0.4, 0.5) is 0 Å². The molecule has 0 bridgehead atoms. The van der Waals surface area contributed by atoms with Crippen molar-refractivity contribution in [1.29, 1.82) is 0 Å². The van der Waals surface area contributed by atoms with Gasteiger partial charge in [-0.15, -0.1) is 5.10 Å². The van der Waals surface area contributed by atoms with Gasteiger partial charge >= 0.3 is 0 Å². The van der Waals surface area contributed by atoms with Gasteiger partial charge in [0.05, 0.1) is 10.0 Å². The van der Waals surface area contributed by atoms with Crippen LogP contribution < -0.4 is 5.32 Å². The van der Waals surface area contributed by atoms with Crippen molar-refractivity contribution in [2.45, 2.75) is 39.2 Å². The van der Waals surface area contributed by atoms with Crippen LogP contribution in [0.2, 0.25) is 10.0 Å². The van der Waals surface area contributed by atoms with Crippen molar-refractivity contribution >= 4 is 35.0 Å². The largest absolute Gasteiger partial charge is 0.346 e. The van der Waals surface area contributed by atoms with Crippen LogP contribution in [0.5, 0.6) is 0 Å². The van der Waals surface area contributed by atoms with E-state index in [1.807, 2.05) is 6.92 Å². The highest BCUT2D eigenvalue weighted by atomic mass is 35.5. The molecule has 0 spiro atoms. The second-order valence-electron chi connectivity index (χ2n) is 6.44. The van der Waals surface area contributed by atoms with Gasteiger partial charge in [-0.05, 0) is 25.0 Å². The number of aromatic nitrogens is 3. The zero-order valence-electron chi connectivity index (χ0n) is 15.2. The SMILES string of the molecule is CCc1nc(C(=O)NC2CCN(C(C)=O)CC2)nn1-c1c(Cl)cccc1Cl. The zero-order valence-corrected chi connectivity index (χ0v) is 16.7. The fourth-order valence-corrected chi connectivity index (χ4v) is 3.69. The van der Waals surface area contributed by atoms with Crippen LogP contribution in [0.25, 0.3) is 5.69 Å². The first-order chi connectivity index (χ1) is 12.9. The Bertz CT molecular complexity index is 839. The number of likely N-dealkylation sites (tertiary alicyclic amines) is 1. The highest BCUT2D eigenvalue weighted by Crippen LogP contribution is 2.28. The van der Waals surface area contributed by atoms with Crippen molar-refractivity contribution < 1.29 is 9.59 Å². The number of para-hydroxylation sites is 1. The van der Waals surface area contributed by atoms with Gasteiger partial charge in [-0.3, -0.25) is 9.59 Å². The molecule has 1 N–H and O–H groups in total. The molecule has 1 aromatic heterocycles. The van der Waals surface area contributed by atoms with Gasteiger partial charge in [0.1, 0.15) is 11.5 Å². The third-order valence-corrected chi connectivity index (χ3v) is 5.23. The van der Waals surface area contributed by atoms with Gasteiger partial charge in [0.15, 0.2) is 0 Å². The Labute approximate surface area is 167 Å². The zero-order chi connectivity index (χ0) is 19.6. The molecule has 0 unspecified atom stereocenters. The summed E-state index contributed by atoms with van der Waals surface area (Å²) in [5, 5.41) is 8.17. The van der Waals surface area contributed by atoms with Gasteiger partial charge in [-0.2, -0.15) is 0 Å². The van der Waals surface area contributed by atoms with E-state index >= 15 is 0 Å². The number of carbonyl (C=O) groups excluding carboxylic acids is 2. The van der Waals surface area contributed by atoms with Crippen LogP contribution in [-0.2, 0) is 11.2 Å². The highest BCUT2D eigenvalue weighted by molar-refractivity contribution is 6.37. The summed E-state index contributed by atoms with van der Waals surface area (Å²) in [7, 11) is 0. The Kier molecular flexibility index (Phi) is 6.01. The number of hydrogen-bond donors (Lipinski definition) is 1. The molecule has 1 saturated heterocycles. The quantitative estimate of drug-likeness (QED) is 0.841. The Morgan fingerprint density at radius 2 is 1.85 bits per heavy atom. The van der Waals surface area contributed by atoms with Crippen LogP contribution in [0.1, 0.15) is 43.1 Å². The maximum Gasteiger partial charge on any atom is 0.291 e. The number of piperidine rings is 1. The lowest BCUT2D eigenvalue weighted by Crippen LogP contribution is -2.46. The molecule has 0 saturated carbocycles. The van der Waals surface area contributed by atoms with Crippen molar-refractivity contribution in [3.63, 3.8) is 0 Å². The predicted octanol–water partition coefficient (Wildman–Crippen LogP) is 2.88. The minimum absolute atomic E-state index is 0.00553. The smallest absolute Gasteiger partial charge is 0.291 e. The Balaban J connectivity index is 1.77. The fourth-order valence-electron chi connectivity index (χ4n) is 3.13. The molecule has 1 aliphatic rings. The van der Waals surface area contributed by atoms with Crippen molar-refractivity contribution in [2.75, 3.05) is 13.1 Å². The summed E-state index contributed by atoms with van der Waals surface area (Å²) in [5.41, 5.74) is 0.513. The maximum absolute atomic E-state index is 12.6. The Hall–Kier alpha value is -2.12. The molecule has 9 heteroatoms. The second-order valence-corrected chi connectivity index (χ2v) is 7.26. The number of rotatable bonds is 4. The Morgan fingerprint density at radius 1 is 1.22 bits per heavy atom. The molecule has 0 atom stereocenters. The number of hydrogen-bond acceptors (Lipinski definition) is 4. The Morgan fingerprint density at radius 3 is 2.41 bits per heavy atom. The molecule has 2 amide bonds. The normalized spacial score (nSPS) is 15.0. The summed E-state index contributed by atoms with van der Waals surface area (Å²) >= 11 is 12.5. The van der Waals surface area contributed by atoms with Crippen molar-refractivity contribution in [3.05, 3.63) is 39.9 Å². The van der Waals surface area contributed by atoms with Crippen molar-refractivity contribution in [2.24, 2.45) is 0 Å². The molecule has 7 nitrogen and oxygen atoms in total. The van der Waals surface area contributed by atoms with Crippen LogP contribution in [0, 0.1) is 0 Å². The molecule has 3 rings (SSSR count). The lowest BCUT2D eigenvalue weighted by molar-refractivity contribution is -0.129. The van der Waals surface area contributed by atoms with E-state index in [9.17, 15) is 9.59 Å². The van der Waals surface area contributed by atoms with Crippen LogP contribution in [0.15, 0.2) is 18.2 Å². The summed E-state index contributed by atoms with van der Waals surface area (Å²) in [6.45, 7) is 4.75. The minimum Gasteiger partial charge on any atom is -0.346 e. The molecular formula is C18H21Cl2N5O2. The van der Waals surface area contributed by atoms with E-state index in [2.05, 4.69) is 15.4 Å². The fraction of sp³-hybridized carbons (Fsp3) is 0.444. The van der Waals surface area contributed by atoms with Gasteiger partial charge in [-0.25, -0.2) is 9.67 Å². The van der Waals surface area contributed by atoms with E-state index in [1.54, 1.807) is 30.0 Å². The van der Waals surface area contributed by atoms with Gasteiger partial charge in [-0.1, -0.05) is 36.2 Å².